The summed E-state index contributed by atoms with van der Waals surface area (Å²) in [7, 11) is 1.65. The molecule has 1 aliphatic carbocycles. The van der Waals surface area contributed by atoms with Crippen molar-refractivity contribution in [3.63, 3.8) is 0 Å². The van der Waals surface area contributed by atoms with Gasteiger partial charge in [-0.2, -0.15) is 4.52 Å². The number of hydrogen-bond donors (Lipinski definition) is 1. The molecule has 0 spiro atoms. The van der Waals surface area contributed by atoms with Crippen LogP contribution < -0.4 is 14.8 Å². The molecule has 7 heteroatoms. The van der Waals surface area contributed by atoms with Crippen LogP contribution in [0, 0.1) is 0 Å². The highest BCUT2D eigenvalue weighted by atomic mass is 16.5. The number of methoxy groups -OCH3 is 1. The van der Waals surface area contributed by atoms with E-state index in [2.05, 4.69) is 20.6 Å². The molecule has 1 N–H and O–H groups in total. The molecule has 3 aromatic rings. The van der Waals surface area contributed by atoms with Gasteiger partial charge >= 0.3 is 0 Å². The number of ether oxygens (including phenoxy) is 2. The van der Waals surface area contributed by atoms with E-state index in [1.165, 1.54) is 12.8 Å². The average Bonchev–Trinajstić information content (AvgIpc) is 3.40. The topological polar surface area (TPSA) is 73.6 Å². The Kier molecular flexibility index (Phi) is 4.13. The Morgan fingerprint density at radius 1 is 1.12 bits per heavy atom. The lowest BCUT2D eigenvalue weighted by molar-refractivity contribution is 0.234. The molecule has 1 aromatic carbocycles. The Balaban J connectivity index is 1.38. The Bertz CT molecular complexity index is 858. The normalized spacial score (nSPS) is 15.1. The van der Waals surface area contributed by atoms with Gasteiger partial charge in [0.15, 0.2) is 11.5 Å². The van der Waals surface area contributed by atoms with E-state index in [4.69, 9.17) is 9.47 Å². The molecule has 4 rings (SSSR count). The first-order valence-corrected chi connectivity index (χ1v) is 8.50. The first kappa shape index (κ1) is 15.7. The molecule has 2 aromatic heterocycles. The first-order valence-electron chi connectivity index (χ1n) is 8.50. The smallest absolute Gasteiger partial charge is 0.178 e. The SMILES string of the molecule is COc1ccc(OC(C)CNc2ccc3nnc(C4CC4)n3n2)cc1. The van der Waals surface area contributed by atoms with Gasteiger partial charge in [0.1, 0.15) is 23.4 Å². The fourth-order valence-corrected chi connectivity index (χ4v) is 2.67. The predicted octanol–water partition coefficient (Wildman–Crippen LogP) is 2.89. The second-order valence-corrected chi connectivity index (χ2v) is 6.31. The van der Waals surface area contributed by atoms with E-state index in [0.29, 0.717) is 12.5 Å². The van der Waals surface area contributed by atoms with Crippen molar-refractivity contribution in [2.45, 2.75) is 31.8 Å². The van der Waals surface area contributed by atoms with E-state index in [0.717, 1.165) is 28.8 Å². The molecule has 0 saturated heterocycles. The molecular formula is C18H21N5O2. The van der Waals surface area contributed by atoms with E-state index < -0.39 is 0 Å². The first-order chi connectivity index (χ1) is 12.2. The quantitative estimate of drug-likeness (QED) is 0.713. The molecular weight excluding hydrogens is 318 g/mol. The van der Waals surface area contributed by atoms with Crippen LogP contribution in [-0.2, 0) is 0 Å². The fourth-order valence-electron chi connectivity index (χ4n) is 2.67. The van der Waals surface area contributed by atoms with Crippen molar-refractivity contribution in [2.24, 2.45) is 0 Å². The fraction of sp³-hybridized carbons (Fsp3) is 0.389. The Morgan fingerprint density at radius 3 is 2.60 bits per heavy atom. The molecule has 0 radical (unpaired) electrons. The van der Waals surface area contributed by atoms with E-state index in [9.17, 15) is 0 Å². The van der Waals surface area contributed by atoms with Crippen LogP contribution >= 0.6 is 0 Å². The Labute approximate surface area is 146 Å². The van der Waals surface area contributed by atoms with Crippen LogP contribution in [-0.4, -0.2) is 39.6 Å². The van der Waals surface area contributed by atoms with Crippen LogP contribution in [0.3, 0.4) is 0 Å². The lowest BCUT2D eigenvalue weighted by Crippen LogP contribution is -2.23. The molecule has 2 heterocycles. The minimum atomic E-state index is -0.00490. The zero-order valence-corrected chi connectivity index (χ0v) is 14.3. The molecule has 0 amide bonds. The van der Waals surface area contributed by atoms with Gasteiger partial charge in [-0.1, -0.05) is 0 Å². The second-order valence-electron chi connectivity index (χ2n) is 6.31. The van der Waals surface area contributed by atoms with Gasteiger partial charge in [-0.25, -0.2) is 0 Å². The molecule has 0 bridgehead atoms. The minimum Gasteiger partial charge on any atom is -0.497 e. The number of hydrogen-bond acceptors (Lipinski definition) is 6. The number of rotatable bonds is 7. The summed E-state index contributed by atoms with van der Waals surface area (Å²) in [4.78, 5) is 0. The van der Waals surface area contributed by atoms with Crippen molar-refractivity contribution in [1.82, 2.24) is 19.8 Å². The van der Waals surface area contributed by atoms with Crippen LogP contribution in [0.25, 0.3) is 5.65 Å². The third kappa shape index (κ3) is 3.50. The van der Waals surface area contributed by atoms with E-state index in [1.807, 2.05) is 47.8 Å². The zero-order valence-electron chi connectivity index (χ0n) is 14.3. The number of aromatic nitrogens is 4. The summed E-state index contributed by atoms with van der Waals surface area (Å²) in [6, 6.07) is 11.4. The van der Waals surface area contributed by atoms with Gasteiger partial charge in [0, 0.05) is 5.92 Å². The summed E-state index contributed by atoms with van der Waals surface area (Å²) >= 11 is 0. The van der Waals surface area contributed by atoms with Crippen molar-refractivity contribution >= 4 is 11.5 Å². The third-order valence-electron chi connectivity index (χ3n) is 4.20. The predicted molar refractivity (Wildman–Crippen MR) is 94.3 cm³/mol. The average molecular weight is 339 g/mol. The number of benzene rings is 1. The molecule has 25 heavy (non-hydrogen) atoms. The van der Waals surface area contributed by atoms with E-state index in [1.54, 1.807) is 7.11 Å². The molecule has 1 aliphatic rings. The maximum Gasteiger partial charge on any atom is 0.178 e. The molecule has 0 aliphatic heterocycles. The summed E-state index contributed by atoms with van der Waals surface area (Å²) in [5.41, 5.74) is 0.787. The van der Waals surface area contributed by atoms with Gasteiger partial charge in [0.05, 0.1) is 13.7 Å². The van der Waals surface area contributed by atoms with Gasteiger partial charge in [-0.3, -0.25) is 0 Å². The minimum absolute atomic E-state index is 0.00490. The number of nitrogens with zero attached hydrogens (tertiary/aromatic N) is 4. The Hall–Kier alpha value is -2.83. The molecule has 1 fully saturated rings. The number of anilines is 1. The largest absolute Gasteiger partial charge is 0.497 e. The van der Waals surface area contributed by atoms with Gasteiger partial charge in [0.25, 0.3) is 0 Å². The number of fused-ring (bicyclic) bond motifs is 1. The van der Waals surface area contributed by atoms with Crippen molar-refractivity contribution in [3.8, 4) is 11.5 Å². The van der Waals surface area contributed by atoms with Crippen molar-refractivity contribution in [1.29, 1.82) is 0 Å². The zero-order chi connectivity index (χ0) is 17.2. The third-order valence-corrected chi connectivity index (χ3v) is 4.20. The van der Waals surface area contributed by atoms with Crippen LogP contribution in [0.5, 0.6) is 11.5 Å². The lowest BCUT2D eigenvalue weighted by Gasteiger charge is -2.16. The van der Waals surface area contributed by atoms with E-state index in [-0.39, 0.29) is 6.10 Å². The van der Waals surface area contributed by atoms with Crippen LogP contribution in [0.2, 0.25) is 0 Å². The molecule has 1 saturated carbocycles. The summed E-state index contributed by atoms with van der Waals surface area (Å²) < 4.78 is 12.9. The standard InChI is InChI=1S/C18H21N5O2/c1-12(25-15-7-5-14(24-2)6-8-15)11-19-16-9-10-17-20-21-18(13-3-4-13)23(17)22-16/h5-10,12-13H,3-4,11H2,1-2H3,(H,19,22). The van der Waals surface area contributed by atoms with Gasteiger partial charge in [-0.15, -0.1) is 15.3 Å². The highest BCUT2D eigenvalue weighted by Crippen LogP contribution is 2.38. The molecule has 130 valence electrons. The highest BCUT2D eigenvalue weighted by molar-refractivity contribution is 5.44. The maximum atomic E-state index is 5.90. The van der Waals surface area contributed by atoms with Crippen LogP contribution in [0.1, 0.15) is 31.5 Å². The summed E-state index contributed by atoms with van der Waals surface area (Å²) in [5, 5.41) is 16.4. The summed E-state index contributed by atoms with van der Waals surface area (Å²) in [6.45, 7) is 2.66. The van der Waals surface area contributed by atoms with Gasteiger partial charge in [-0.05, 0) is 56.2 Å². The molecule has 1 unspecified atom stereocenters. The summed E-state index contributed by atoms with van der Waals surface area (Å²) in [6.07, 6.45) is 2.34. The molecule has 1 atom stereocenters. The van der Waals surface area contributed by atoms with E-state index >= 15 is 0 Å². The van der Waals surface area contributed by atoms with Gasteiger partial charge < -0.3 is 14.8 Å². The van der Waals surface area contributed by atoms with Gasteiger partial charge in [0.2, 0.25) is 0 Å². The molecule has 7 nitrogen and oxygen atoms in total. The number of nitrogens with one attached hydrogen (secondary N) is 1. The summed E-state index contributed by atoms with van der Waals surface area (Å²) in [5.74, 6) is 3.89. The monoisotopic (exact) mass is 339 g/mol. The van der Waals surface area contributed by atoms with Crippen LogP contribution in [0.15, 0.2) is 36.4 Å². The Morgan fingerprint density at radius 2 is 1.88 bits per heavy atom. The van der Waals surface area contributed by atoms with Crippen molar-refractivity contribution in [3.05, 3.63) is 42.2 Å². The van der Waals surface area contributed by atoms with Crippen molar-refractivity contribution < 1.29 is 9.47 Å². The van der Waals surface area contributed by atoms with Crippen molar-refractivity contribution in [2.75, 3.05) is 19.0 Å². The van der Waals surface area contributed by atoms with Crippen LogP contribution in [0.4, 0.5) is 5.82 Å². The second kappa shape index (κ2) is 6.58. The maximum absolute atomic E-state index is 5.90. The highest BCUT2D eigenvalue weighted by Gasteiger charge is 2.29. The lowest BCUT2D eigenvalue weighted by atomic mass is 10.3.